The van der Waals surface area contributed by atoms with E-state index >= 15 is 0 Å². The summed E-state index contributed by atoms with van der Waals surface area (Å²) in [7, 11) is 1.77. The van der Waals surface area contributed by atoms with Crippen molar-refractivity contribution < 1.29 is 9.13 Å². The summed E-state index contributed by atoms with van der Waals surface area (Å²) in [5.74, 6) is 1.46. The maximum absolute atomic E-state index is 14.5. The van der Waals surface area contributed by atoms with Crippen LogP contribution in [-0.4, -0.2) is 70.4 Å². The van der Waals surface area contributed by atoms with Crippen LogP contribution in [0, 0.1) is 11.7 Å². The van der Waals surface area contributed by atoms with Gasteiger partial charge in [0.1, 0.15) is 5.82 Å². The summed E-state index contributed by atoms with van der Waals surface area (Å²) < 4.78 is 19.9. The van der Waals surface area contributed by atoms with Gasteiger partial charge in [-0.3, -0.25) is 4.99 Å². The molecular formula is C22H37FIN5O. The molecule has 1 aromatic rings. The number of anilines is 1. The molecule has 2 aliphatic heterocycles. The lowest BCUT2D eigenvalue weighted by molar-refractivity contribution is 0.122. The van der Waals surface area contributed by atoms with E-state index in [1.807, 2.05) is 17.0 Å². The third kappa shape index (κ3) is 7.85. The van der Waals surface area contributed by atoms with Crippen LogP contribution in [-0.2, 0) is 11.3 Å². The fraction of sp³-hybridized carbons (Fsp3) is 0.682. The molecule has 1 aromatic carbocycles. The number of morpholine rings is 1. The molecule has 0 bridgehead atoms. The van der Waals surface area contributed by atoms with Crippen LogP contribution in [0.3, 0.4) is 0 Å². The van der Waals surface area contributed by atoms with Gasteiger partial charge in [0, 0.05) is 33.2 Å². The minimum atomic E-state index is -0.176. The smallest absolute Gasteiger partial charge is 0.191 e. The maximum atomic E-state index is 14.5. The second kappa shape index (κ2) is 13.3. The van der Waals surface area contributed by atoms with E-state index in [1.165, 1.54) is 25.9 Å². The van der Waals surface area contributed by atoms with Gasteiger partial charge in [-0.15, -0.1) is 24.0 Å². The molecule has 0 aliphatic carbocycles. The molecule has 2 fully saturated rings. The van der Waals surface area contributed by atoms with Crippen molar-refractivity contribution >= 4 is 35.6 Å². The first kappa shape index (κ1) is 25.1. The molecular weight excluding hydrogens is 496 g/mol. The van der Waals surface area contributed by atoms with Crippen molar-refractivity contribution in [2.24, 2.45) is 10.9 Å². The predicted molar refractivity (Wildman–Crippen MR) is 133 cm³/mol. The molecule has 0 amide bonds. The van der Waals surface area contributed by atoms with Crippen LogP contribution in [0.15, 0.2) is 23.2 Å². The molecule has 6 nitrogen and oxygen atoms in total. The third-order valence-electron chi connectivity index (χ3n) is 5.87. The number of likely N-dealkylation sites (tertiary alicyclic amines) is 1. The first-order valence-electron chi connectivity index (χ1n) is 10.9. The highest BCUT2D eigenvalue weighted by atomic mass is 127. The number of guanidine groups is 1. The zero-order valence-electron chi connectivity index (χ0n) is 18.3. The average molecular weight is 533 g/mol. The molecule has 30 heavy (non-hydrogen) atoms. The van der Waals surface area contributed by atoms with Gasteiger partial charge in [-0.05, 0) is 62.5 Å². The molecule has 8 heteroatoms. The van der Waals surface area contributed by atoms with Crippen molar-refractivity contribution in [3.05, 3.63) is 29.6 Å². The summed E-state index contributed by atoms with van der Waals surface area (Å²) >= 11 is 0. The lowest BCUT2D eigenvalue weighted by Crippen LogP contribution is -2.39. The van der Waals surface area contributed by atoms with E-state index in [-0.39, 0.29) is 29.8 Å². The summed E-state index contributed by atoms with van der Waals surface area (Å²) in [5.41, 5.74) is 1.57. The molecule has 0 radical (unpaired) electrons. The molecule has 2 heterocycles. The number of nitrogens with one attached hydrogen (secondary N) is 2. The fourth-order valence-electron chi connectivity index (χ4n) is 3.92. The van der Waals surface area contributed by atoms with Crippen LogP contribution in [0.1, 0.15) is 31.7 Å². The molecule has 3 rings (SSSR count). The van der Waals surface area contributed by atoms with Gasteiger partial charge in [0.15, 0.2) is 5.96 Å². The van der Waals surface area contributed by atoms with Crippen molar-refractivity contribution in [3.63, 3.8) is 0 Å². The highest BCUT2D eigenvalue weighted by Gasteiger charge is 2.16. The largest absolute Gasteiger partial charge is 0.378 e. The highest BCUT2D eigenvalue weighted by molar-refractivity contribution is 14.0. The minimum Gasteiger partial charge on any atom is -0.378 e. The van der Waals surface area contributed by atoms with Crippen LogP contribution in [0.25, 0.3) is 0 Å². The van der Waals surface area contributed by atoms with Gasteiger partial charge >= 0.3 is 0 Å². The molecule has 2 aliphatic rings. The van der Waals surface area contributed by atoms with E-state index in [2.05, 4.69) is 27.4 Å². The van der Waals surface area contributed by atoms with Crippen LogP contribution in [0.5, 0.6) is 0 Å². The molecule has 0 saturated carbocycles. The van der Waals surface area contributed by atoms with Crippen molar-refractivity contribution in [3.8, 4) is 0 Å². The number of halogens is 2. The molecule has 0 unspecified atom stereocenters. The van der Waals surface area contributed by atoms with Gasteiger partial charge in [-0.1, -0.05) is 13.0 Å². The lowest BCUT2D eigenvalue weighted by atomic mass is 9.99. The normalized spacial score (nSPS) is 18.8. The SMILES string of the molecule is CN=C(NCCCN1CCC(C)CC1)NCc1ccc(N2CCOCC2)c(F)c1.I. The van der Waals surface area contributed by atoms with Gasteiger partial charge < -0.3 is 25.2 Å². The molecule has 0 aromatic heterocycles. The quantitative estimate of drug-likeness (QED) is 0.244. The number of nitrogens with zero attached hydrogens (tertiary/aromatic N) is 3. The Morgan fingerprint density at radius 1 is 1.17 bits per heavy atom. The number of rotatable bonds is 7. The molecule has 2 saturated heterocycles. The Hall–Kier alpha value is -1.13. The average Bonchev–Trinajstić information content (AvgIpc) is 2.75. The summed E-state index contributed by atoms with van der Waals surface area (Å²) in [6.45, 7) is 10.1. The molecule has 170 valence electrons. The van der Waals surface area contributed by atoms with Crippen molar-refractivity contribution in [1.82, 2.24) is 15.5 Å². The molecule has 2 N–H and O–H groups in total. The monoisotopic (exact) mass is 533 g/mol. The van der Waals surface area contributed by atoms with Crippen molar-refractivity contribution in [2.75, 3.05) is 64.4 Å². The first-order chi connectivity index (χ1) is 14.2. The maximum Gasteiger partial charge on any atom is 0.191 e. The van der Waals surface area contributed by atoms with Gasteiger partial charge in [0.05, 0.1) is 18.9 Å². The van der Waals surface area contributed by atoms with E-state index in [1.54, 1.807) is 13.1 Å². The Morgan fingerprint density at radius 3 is 2.57 bits per heavy atom. The number of hydrogen-bond acceptors (Lipinski definition) is 4. The second-order valence-electron chi connectivity index (χ2n) is 8.12. The summed E-state index contributed by atoms with van der Waals surface area (Å²) in [4.78, 5) is 8.87. The number of benzene rings is 1. The topological polar surface area (TPSA) is 52.1 Å². The Balaban J connectivity index is 0.00000320. The molecule has 0 atom stereocenters. The van der Waals surface area contributed by atoms with Crippen LogP contribution in [0.2, 0.25) is 0 Å². The van der Waals surface area contributed by atoms with Gasteiger partial charge in [0.25, 0.3) is 0 Å². The number of aliphatic imine (C=N–C) groups is 1. The summed E-state index contributed by atoms with van der Waals surface area (Å²) in [6, 6.07) is 5.46. The lowest BCUT2D eigenvalue weighted by Gasteiger charge is -2.30. The van der Waals surface area contributed by atoms with Crippen LogP contribution in [0.4, 0.5) is 10.1 Å². The van der Waals surface area contributed by atoms with Crippen LogP contribution < -0.4 is 15.5 Å². The zero-order chi connectivity index (χ0) is 20.5. The highest BCUT2D eigenvalue weighted by Crippen LogP contribution is 2.21. The van der Waals surface area contributed by atoms with E-state index in [0.29, 0.717) is 25.4 Å². The Kier molecular flexibility index (Phi) is 11.2. The number of hydrogen-bond donors (Lipinski definition) is 2. The molecule has 0 spiro atoms. The zero-order valence-corrected chi connectivity index (χ0v) is 20.7. The van der Waals surface area contributed by atoms with Crippen LogP contribution >= 0.6 is 24.0 Å². The van der Waals surface area contributed by atoms with E-state index in [4.69, 9.17) is 4.74 Å². The Morgan fingerprint density at radius 2 is 1.90 bits per heavy atom. The van der Waals surface area contributed by atoms with Gasteiger partial charge in [0.2, 0.25) is 0 Å². The minimum absolute atomic E-state index is 0. The number of piperidine rings is 1. The van der Waals surface area contributed by atoms with Gasteiger partial charge in [-0.2, -0.15) is 0 Å². The standard InChI is InChI=1S/C22H36FN5O.HI/c1-18-6-10-27(11-7-18)9-3-8-25-22(24-2)26-17-19-4-5-21(20(23)16-19)28-12-14-29-15-13-28;/h4-5,16,18H,3,6-15,17H2,1-2H3,(H2,24,25,26);1H. The van der Waals surface area contributed by atoms with E-state index < -0.39 is 0 Å². The Labute approximate surface area is 197 Å². The fourth-order valence-corrected chi connectivity index (χ4v) is 3.92. The van der Waals surface area contributed by atoms with E-state index in [9.17, 15) is 4.39 Å². The summed E-state index contributed by atoms with van der Waals surface area (Å²) in [5, 5.41) is 6.64. The first-order valence-corrected chi connectivity index (χ1v) is 10.9. The summed E-state index contributed by atoms with van der Waals surface area (Å²) in [6.07, 6.45) is 3.73. The van der Waals surface area contributed by atoms with Crippen molar-refractivity contribution in [2.45, 2.75) is 32.7 Å². The van der Waals surface area contributed by atoms with Crippen molar-refractivity contribution in [1.29, 1.82) is 0 Å². The second-order valence-corrected chi connectivity index (χ2v) is 8.12. The predicted octanol–water partition coefficient (Wildman–Crippen LogP) is 3.07. The Bertz CT molecular complexity index is 661. The van der Waals surface area contributed by atoms with Gasteiger partial charge in [-0.25, -0.2) is 4.39 Å². The van der Waals surface area contributed by atoms with E-state index in [0.717, 1.165) is 50.0 Å². The number of ether oxygens (including phenoxy) is 1. The third-order valence-corrected chi connectivity index (χ3v) is 5.87.